The highest BCUT2D eigenvalue weighted by molar-refractivity contribution is 6.18. The number of imidazole rings is 1. The van der Waals surface area contributed by atoms with Gasteiger partial charge in [-0.1, -0.05) is 55.1 Å². The molecule has 0 bridgehead atoms. The number of phenolic OH excluding ortho intramolecular Hbond substituents is 1. The molecule has 3 aromatic heterocycles. The topological polar surface area (TPSA) is 136 Å². The van der Waals surface area contributed by atoms with E-state index in [0.717, 1.165) is 22.5 Å². The molecule has 0 aliphatic heterocycles. The van der Waals surface area contributed by atoms with Crippen LogP contribution in [0.15, 0.2) is 110 Å². The third kappa shape index (κ3) is 5.34. The van der Waals surface area contributed by atoms with Gasteiger partial charge in [-0.05, 0) is 59.7 Å². The van der Waals surface area contributed by atoms with E-state index in [1.54, 1.807) is 12.3 Å². The maximum Gasteiger partial charge on any atom is 0.251 e. The van der Waals surface area contributed by atoms with Crippen molar-refractivity contribution in [3.63, 3.8) is 0 Å². The van der Waals surface area contributed by atoms with Crippen LogP contribution in [0.5, 0.6) is 5.75 Å². The fourth-order valence-electron chi connectivity index (χ4n) is 4.77. The van der Waals surface area contributed by atoms with Gasteiger partial charge in [-0.3, -0.25) is 14.2 Å². The number of benzene rings is 3. The van der Waals surface area contributed by atoms with Crippen LogP contribution >= 0.6 is 0 Å². The van der Waals surface area contributed by atoms with E-state index in [-0.39, 0.29) is 23.4 Å². The molecule has 0 spiro atoms. The molecule has 4 N–H and O–H groups in total. The highest BCUT2D eigenvalue weighted by atomic mass is 16.3. The minimum absolute atomic E-state index is 0.142. The number of hydrogen-bond donors (Lipinski definition) is 3. The van der Waals surface area contributed by atoms with Crippen LogP contribution in [-0.2, 0) is 11.3 Å². The number of fused-ring (bicyclic) bond motifs is 1. The Morgan fingerprint density at radius 2 is 1.74 bits per heavy atom. The average Bonchev–Trinajstić information content (AvgIpc) is 3.42. The van der Waals surface area contributed by atoms with E-state index in [4.69, 9.17) is 15.7 Å². The lowest BCUT2D eigenvalue weighted by atomic mass is 10.0. The number of aromatic nitrogens is 4. The van der Waals surface area contributed by atoms with Gasteiger partial charge in [0.15, 0.2) is 17.8 Å². The number of nitrogens with two attached hydrogens (primary N) is 1. The number of aldehydes is 1. The lowest BCUT2D eigenvalue weighted by Crippen LogP contribution is -2.23. The highest BCUT2D eigenvalue weighted by Gasteiger charge is 2.19. The number of carbonyl (C=O) groups is 2. The normalized spacial score (nSPS) is 10.9. The minimum Gasteiger partial charge on any atom is -0.507 e. The first-order valence-electron chi connectivity index (χ1n) is 13.4. The second-order valence-electron chi connectivity index (χ2n) is 9.83. The number of nitrogens with one attached hydrogen (secondary N) is 1. The molecule has 6 aromatic rings. The number of nitrogens with zero attached hydrogens (tertiary/aromatic N) is 4. The molecule has 0 saturated carbocycles. The lowest BCUT2D eigenvalue weighted by Gasteiger charge is -2.12. The Morgan fingerprint density at radius 1 is 0.953 bits per heavy atom. The van der Waals surface area contributed by atoms with Gasteiger partial charge in [0.25, 0.3) is 5.91 Å². The summed E-state index contributed by atoms with van der Waals surface area (Å²) in [4.78, 5) is 37.8. The van der Waals surface area contributed by atoms with E-state index in [1.165, 1.54) is 12.1 Å². The van der Waals surface area contributed by atoms with Gasteiger partial charge in [0.1, 0.15) is 17.1 Å². The maximum absolute atomic E-state index is 12.8. The molecule has 0 unspecified atom stereocenters. The molecule has 3 heterocycles. The molecular formula is C34H26N6O3. The quantitative estimate of drug-likeness (QED) is 0.162. The summed E-state index contributed by atoms with van der Waals surface area (Å²) in [6.45, 7) is 4.09. The number of aromatic hydroxyl groups is 1. The van der Waals surface area contributed by atoms with Gasteiger partial charge in [0.05, 0.1) is 16.8 Å². The zero-order chi connectivity index (χ0) is 29.9. The Kier molecular flexibility index (Phi) is 7.20. The second kappa shape index (κ2) is 11.4. The number of nitrogen functional groups attached to an aromatic ring is 1. The van der Waals surface area contributed by atoms with Crippen LogP contribution in [0.4, 0.5) is 5.82 Å². The van der Waals surface area contributed by atoms with Crippen LogP contribution in [-0.4, -0.2) is 36.8 Å². The molecule has 3 aromatic carbocycles. The Hall–Kier alpha value is -6.09. The number of amides is 1. The molecule has 0 atom stereocenters. The molecule has 9 heteroatoms. The first-order valence-corrected chi connectivity index (χ1v) is 13.4. The Balaban J connectivity index is 1.30. The summed E-state index contributed by atoms with van der Waals surface area (Å²) in [6.07, 6.45) is 2.18. The van der Waals surface area contributed by atoms with Crippen LogP contribution in [0.1, 0.15) is 21.5 Å². The fourth-order valence-corrected chi connectivity index (χ4v) is 4.77. The number of hydrogen-bond acceptors (Lipinski definition) is 7. The standard InChI is InChI=1S/C34H26N6O3/c1-21(24-11-12-25(20-41)30(42)18-24)34(43)37-19-22-9-13-26(14-10-22)40-32(27-8-5-17-36-31(27)35)39-29-16-15-28(38-33(29)40)23-6-3-2-4-7-23/h2-18,20,42H,1,19H2,(H2,35,36)(H,37,43). The molecule has 9 nitrogen and oxygen atoms in total. The number of phenols is 1. The van der Waals surface area contributed by atoms with E-state index in [9.17, 15) is 14.7 Å². The highest BCUT2D eigenvalue weighted by Crippen LogP contribution is 2.32. The predicted octanol–water partition coefficient (Wildman–Crippen LogP) is 5.58. The predicted molar refractivity (Wildman–Crippen MR) is 166 cm³/mol. The molecule has 1 amide bonds. The van der Waals surface area contributed by atoms with Gasteiger partial charge in [-0.2, -0.15) is 0 Å². The molecule has 43 heavy (non-hydrogen) atoms. The van der Waals surface area contributed by atoms with Crippen molar-refractivity contribution < 1.29 is 14.7 Å². The first-order chi connectivity index (χ1) is 20.9. The number of pyridine rings is 2. The van der Waals surface area contributed by atoms with Crippen molar-refractivity contribution in [3.8, 4) is 34.1 Å². The third-order valence-corrected chi connectivity index (χ3v) is 7.08. The molecule has 0 radical (unpaired) electrons. The van der Waals surface area contributed by atoms with Crippen molar-refractivity contribution in [2.24, 2.45) is 0 Å². The SMILES string of the molecule is C=C(C(=O)NCc1ccc(-n2c(-c3cccnc3N)nc3ccc(-c4ccccc4)nc32)cc1)c1ccc(C=O)c(O)c1. The monoisotopic (exact) mass is 566 g/mol. The summed E-state index contributed by atoms with van der Waals surface area (Å²) < 4.78 is 1.95. The molecular weight excluding hydrogens is 540 g/mol. The van der Waals surface area contributed by atoms with Crippen molar-refractivity contribution in [2.45, 2.75) is 6.54 Å². The number of anilines is 1. The van der Waals surface area contributed by atoms with Crippen molar-refractivity contribution in [1.29, 1.82) is 0 Å². The van der Waals surface area contributed by atoms with E-state index < -0.39 is 5.91 Å². The molecule has 210 valence electrons. The summed E-state index contributed by atoms with van der Waals surface area (Å²) in [5.41, 5.74) is 12.5. The number of carbonyl (C=O) groups excluding carboxylic acids is 2. The molecule has 0 saturated heterocycles. The molecule has 0 fully saturated rings. The Morgan fingerprint density at radius 3 is 2.47 bits per heavy atom. The summed E-state index contributed by atoms with van der Waals surface area (Å²) in [5, 5.41) is 12.8. The maximum atomic E-state index is 12.8. The van der Waals surface area contributed by atoms with Crippen molar-refractivity contribution in [1.82, 2.24) is 24.8 Å². The summed E-state index contributed by atoms with van der Waals surface area (Å²) in [6, 6.07) is 29.6. The van der Waals surface area contributed by atoms with Crippen molar-refractivity contribution >= 4 is 34.7 Å². The molecule has 0 aliphatic rings. The third-order valence-electron chi connectivity index (χ3n) is 7.08. The van der Waals surface area contributed by atoms with E-state index in [1.807, 2.05) is 83.4 Å². The smallest absolute Gasteiger partial charge is 0.251 e. The largest absolute Gasteiger partial charge is 0.507 e. The van der Waals surface area contributed by atoms with Gasteiger partial charge < -0.3 is 16.2 Å². The van der Waals surface area contributed by atoms with Crippen molar-refractivity contribution in [3.05, 3.63) is 127 Å². The summed E-state index contributed by atoms with van der Waals surface area (Å²) >= 11 is 0. The average molecular weight is 567 g/mol. The Labute approximate surface area is 247 Å². The van der Waals surface area contributed by atoms with Crippen LogP contribution in [0.3, 0.4) is 0 Å². The summed E-state index contributed by atoms with van der Waals surface area (Å²) in [5.74, 6) is 0.368. The van der Waals surface area contributed by atoms with Gasteiger partial charge in [0.2, 0.25) is 0 Å². The molecule has 0 aliphatic carbocycles. The minimum atomic E-state index is -0.394. The van der Waals surface area contributed by atoms with Crippen LogP contribution in [0.25, 0.3) is 45.1 Å². The van der Waals surface area contributed by atoms with E-state index in [0.29, 0.717) is 40.2 Å². The van der Waals surface area contributed by atoms with Crippen LogP contribution in [0.2, 0.25) is 0 Å². The van der Waals surface area contributed by atoms with Crippen LogP contribution < -0.4 is 11.1 Å². The van der Waals surface area contributed by atoms with E-state index >= 15 is 0 Å². The first kappa shape index (κ1) is 27.1. The van der Waals surface area contributed by atoms with Gasteiger partial charge in [-0.25, -0.2) is 15.0 Å². The zero-order valence-electron chi connectivity index (χ0n) is 22.9. The summed E-state index contributed by atoms with van der Waals surface area (Å²) in [7, 11) is 0. The van der Waals surface area contributed by atoms with Gasteiger partial charge in [0, 0.05) is 29.6 Å². The van der Waals surface area contributed by atoms with E-state index in [2.05, 4.69) is 16.9 Å². The second-order valence-corrected chi connectivity index (χ2v) is 9.83. The zero-order valence-corrected chi connectivity index (χ0v) is 22.9. The Bertz CT molecular complexity index is 2000. The van der Waals surface area contributed by atoms with Gasteiger partial charge >= 0.3 is 0 Å². The molecule has 6 rings (SSSR count). The fraction of sp³-hybridized carbons (Fsp3) is 0.0294. The van der Waals surface area contributed by atoms with Gasteiger partial charge in [-0.15, -0.1) is 0 Å². The van der Waals surface area contributed by atoms with Crippen LogP contribution in [0, 0.1) is 0 Å². The van der Waals surface area contributed by atoms with Crippen molar-refractivity contribution in [2.75, 3.05) is 5.73 Å². The lowest BCUT2D eigenvalue weighted by molar-refractivity contribution is -0.115. The number of rotatable bonds is 8.